The molecular weight excluding hydrogens is 192 g/mol. The summed E-state index contributed by atoms with van der Waals surface area (Å²) in [6.45, 7) is 5.80. The Morgan fingerprint density at radius 1 is 1.20 bits per heavy atom. The van der Waals surface area contributed by atoms with Crippen LogP contribution < -0.4 is 4.74 Å². The number of hydrogen-bond acceptors (Lipinski definition) is 3. The summed E-state index contributed by atoms with van der Waals surface area (Å²) in [7, 11) is 0. The van der Waals surface area contributed by atoms with Crippen molar-refractivity contribution in [3.63, 3.8) is 0 Å². The number of hydrogen-bond donors (Lipinski definition) is 0. The monoisotopic (exact) mass is 204 g/mol. The Morgan fingerprint density at radius 2 is 1.87 bits per heavy atom. The molecule has 1 aliphatic heterocycles. The number of aryl methyl sites for hydroxylation is 1. The molecular formula is C12H12O3. The number of fused-ring (bicyclic) bond motifs is 1. The standard InChI is InChI=1S/C12H12O3/c1-6(2)8-5-4-7(3)11-9(8)10(13)12(14)15-11/h4-6H,1-3H3. The van der Waals surface area contributed by atoms with E-state index in [1.165, 1.54) is 0 Å². The van der Waals surface area contributed by atoms with Gasteiger partial charge >= 0.3 is 5.97 Å². The SMILES string of the molecule is Cc1ccc(C(C)C)c2c1OC(=O)C2=O. The molecule has 0 unspecified atom stereocenters. The third kappa shape index (κ3) is 1.35. The molecule has 1 aliphatic rings. The molecule has 1 heterocycles. The van der Waals surface area contributed by atoms with Crippen LogP contribution >= 0.6 is 0 Å². The van der Waals surface area contributed by atoms with Crippen molar-refractivity contribution >= 4 is 11.8 Å². The van der Waals surface area contributed by atoms with Gasteiger partial charge < -0.3 is 4.74 Å². The molecule has 0 N–H and O–H groups in total. The second kappa shape index (κ2) is 3.19. The van der Waals surface area contributed by atoms with Gasteiger partial charge in [0.05, 0.1) is 5.56 Å². The van der Waals surface area contributed by atoms with Crippen LogP contribution in [-0.2, 0) is 4.79 Å². The largest absolute Gasteiger partial charge is 0.419 e. The molecule has 0 saturated carbocycles. The third-order valence-corrected chi connectivity index (χ3v) is 2.62. The number of ether oxygens (including phenoxy) is 1. The highest BCUT2D eigenvalue weighted by atomic mass is 16.5. The number of rotatable bonds is 1. The van der Waals surface area contributed by atoms with Crippen LogP contribution in [0.2, 0.25) is 0 Å². The van der Waals surface area contributed by atoms with Gasteiger partial charge in [-0.1, -0.05) is 26.0 Å². The van der Waals surface area contributed by atoms with Gasteiger partial charge in [-0.15, -0.1) is 0 Å². The zero-order valence-corrected chi connectivity index (χ0v) is 8.96. The maximum absolute atomic E-state index is 11.6. The van der Waals surface area contributed by atoms with Crippen molar-refractivity contribution in [3.05, 3.63) is 28.8 Å². The van der Waals surface area contributed by atoms with Gasteiger partial charge in [-0.05, 0) is 24.0 Å². The van der Waals surface area contributed by atoms with Gasteiger partial charge in [0, 0.05) is 0 Å². The van der Waals surface area contributed by atoms with E-state index in [0.29, 0.717) is 11.3 Å². The van der Waals surface area contributed by atoms with Crippen molar-refractivity contribution in [2.45, 2.75) is 26.7 Å². The molecule has 0 bridgehead atoms. The van der Waals surface area contributed by atoms with Gasteiger partial charge in [-0.3, -0.25) is 4.79 Å². The Balaban J connectivity index is 2.71. The molecule has 0 aromatic heterocycles. The summed E-state index contributed by atoms with van der Waals surface area (Å²) in [5.74, 6) is -0.632. The summed E-state index contributed by atoms with van der Waals surface area (Å²) in [6, 6.07) is 3.76. The second-order valence-electron chi connectivity index (χ2n) is 4.05. The molecule has 0 spiro atoms. The van der Waals surface area contributed by atoms with E-state index in [4.69, 9.17) is 4.74 Å². The molecule has 3 heteroatoms. The summed E-state index contributed by atoms with van der Waals surface area (Å²) in [6.07, 6.45) is 0. The van der Waals surface area contributed by atoms with E-state index in [2.05, 4.69) is 0 Å². The van der Waals surface area contributed by atoms with E-state index < -0.39 is 11.8 Å². The minimum absolute atomic E-state index is 0.206. The lowest BCUT2D eigenvalue weighted by molar-refractivity contribution is -0.128. The first-order valence-corrected chi connectivity index (χ1v) is 4.92. The summed E-state index contributed by atoms with van der Waals surface area (Å²) in [5, 5.41) is 0. The topological polar surface area (TPSA) is 43.4 Å². The predicted molar refractivity (Wildman–Crippen MR) is 55.2 cm³/mol. The van der Waals surface area contributed by atoms with Crippen molar-refractivity contribution in [1.82, 2.24) is 0 Å². The molecule has 2 rings (SSSR count). The summed E-state index contributed by atoms with van der Waals surface area (Å²) in [5.41, 5.74) is 2.16. The molecule has 0 fully saturated rings. The van der Waals surface area contributed by atoms with Gasteiger partial charge in [-0.2, -0.15) is 0 Å². The van der Waals surface area contributed by atoms with Crippen LogP contribution in [0.5, 0.6) is 5.75 Å². The third-order valence-electron chi connectivity index (χ3n) is 2.62. The Bertz CT molecular complexity index is 458. The first-order valence-electron chi connectivity index (χ1n) is 4.92. The number of esters is 1. The number of ketones is 1. The normalized spacial score (nSPS) is 14.4. The van der Waals surface area contributed by atoms with Crippen molar-refractivity contribution in [3.8, 4) is 5.75 Å². The number of carbonyl (C=O) groups is 2. The van der Waals surface area contributed by atoms with Crippen molar-refractivity contribution < 1.29 is 14.3 Å². The lowest BCUT2D eigenvalue weighted by Crippen LogP contribution is -2.11. The van der Waals surface area contributed by atoms with Gasteiger partial charge in [0.2, 0.25) is 0 Å². The smallest absolute Gasteiger partial charge is 0.385 e. The molecule has 0 amide bonds. The minimum atomic E-state index is -0.763. The van der Waals surface area contributed by atoms with Gasteiger partial charge in [0.25, 0.3) is 5.78 Å². The second-order valence-corrected chi connectivity index (χ2v) is 4.05. The van der Waals surface area contributed by atoms with E-state index in [-0.39, 0.29) is 5.92 Å². The van der Waals surface area contributed by atoms with Crippen molar-refractivity contribution in [2.75, 3.05) is 0 Å². The highest BCUT2D eigenvalue weighted by Gasteiger charge is 2.34. The van der Waals surface area contributed by atoms with Crippen molar-refractivity contribution in [2.24, 2.45) is 0 Å². The molecule has 15 heavy (non-hydrogen) atoms. The molecule has 1 aromatic carbocycles. The molecule has 0 atom stereocenters. The Morgan fingerprint density at radius 3 is 2.47 bits per heavy atom. The van der Waals surface area contributed by atoms with E-state index in [1.54, 1.807) is 0 Å². The number of Topliss-reactive ketones (excluding diaryl/α,β-unsaturated/α-hetero) is 1. The van der Waals surface area contributed by atoms with E-state index in [9.17, 15) is 9.59 Å². The maximum Gasteiger partial charge on any atom is 0.385 e. The van der Waals surface area contributed by atoms with Gasteiger partial charge in [0.1, 0.15) is 5.75 Å². The first-order chi connectivity index (χ1) is 7.02. The molecule has 78 valence electrons. The molecule has 0 aliphatic carbocycles. The highest BCUT2D eigenvalue weighted by molar-refractivity contribution is 6.44. The quantitative estimate of drug-likeness (QED) is 0.400. The van der Waals surface area contributed by atoms with Gasteiger partial charge in [-0.25, -0.2) is 4.79 Å². The van der Waals surface area contributed by atoms with Gasteiger partial charge in [0.15, 0.2) is 0 Å². The van der Waals surface area contributed by atoms with Crippen LogP contribution in [0.4, 0.5) is 0 Å². The minimum Gasteiger partial charge on any atom is -0.419 e. The van der Waals surface area contributed by atoms with Crippen LogP contribution in [0.3, 0.4) is 0 Å². The van der Waals surface area contributed by atoms with Crippen LogP contribution in [0.1, 0.15) is 41.3 Å². The lowest BCUT2D eigenvalue weighted by Gasteiger charge is -2.10. The van der Waals surface area contributed by atoms with Crippen LogP contribution in [0, 0.1) is 6.92 Å². The van der Waals surface area contributed by atoms with Crippen LogP contribution in [-0.4, -0.2) is 11.8 Å². The Labute approximate surface area is 88.1 Å². The Kier molecular flexibility index (Phi) is 2.11. The first kappa shape index (κ1) is 9.90. The molecule has 3 nitrogen and oxygen atoms in total. The average molecular weight is 204 g/mol. The fraction of sp³-hybridized carbons (Fsp3) is 0.333. The number of carbonyl (C=O) groups excluding carboxylic acids is 2. The summed E-state index contributed by atoms with van der Waals surface area (Å²) >= 11 is 0. The van der Waals surface area contributed by atoms with E-state index in [1.807, 2.05) is 32.9 Å². The van der Waals surface area contributed by atoms with Crippen LogP contribution in [0.15, 0.2) is 12.1 Å². The fourth-order valence-electron chi connectivity index (χ4n) is 1.79. The predicted octanol–water partition coefficient (Wildman–Crippen LogP) is 2.22. The number of benzene rings is 1. The van der Waals surface area contributed by atoms with E-state index in [0.717, 1.165) is 11.1 Å². The summed E-state index contributed by atoms with van der Waals surface area (Å²) in [4.78, 5) is 22.8. The molecule has 0 saturated heterocycles. The fourth-order valence-corrected chi connectivity index (χ4v) is 1.79. The average Bonchev–Trinajstić information content (AvgIpc) is 2.46. The van der Waals surface area contributed by atoms with Crippen LogP contribution in [0.25, 0.3) is 0 Å². The molecule has 0 radical (unpaired) electrons. The van der Waals surface area contributed by atoms with Crippen molar-refractivity contribution in [1.29, 1.82) is 0 Å². The molecule has 1 aromatic rings. The Hall–Kier alpha value is -1.64. The lowest BCUT2D eigenvalue weighted by atomic mass is 9.93. The summed E-state index contributed by atoms with van der Waals surface area (Å²) < 4.78 is 4.95. The van der Waals surface area contributed by atoms with E-state index >= 15 is 0 Å². The zero-order valence-electron chi connectivity index (χ0n) is 8.96. The maximum atomic E-state index is 11.6. The zero-order chi connectivity index (χ0) is 11.2. The highest BCUT2D eigenvalue weighted by Crippen LogP contribution is 2.35.